The van der Waals surface area contributed by atoms with Crippen LogP contribution in [0.1, 0.15) is 278 Å². The van der Waals surface area contributed by atoms with Crippen molar-refractivity contribution >= 4 is 11.9 Å². The summed E-state index contributed by atoms with van der Waals surface area (Å²) in [5.74, 6) is -0.503. The Kier molecular flexibility index (Phi) is 52.1. The first-order chi connectivity index (χ1) is 33.0. The van der Waals surface area contributed by atoms with E-state index in [-0.39, 0.29) is 24.9 Å². The zero-order valence-electron chi connectivity index (χ0n) is 44.3. The van der Waals surface area contributed by atoms with Gasteiger partial charge in [-0.1, -0.05) is 254 Å². The Balaban J connectivity index is 4.65. The van der Waals surface area contributed by atoms with Crippen molar-refractivity contribution in [2.75, 3.05) is 6.61 Å². The Hall–Kier alpha value is -2.70. The molecule has 0 aromatic rings. The van der Waals surface area contributed by atoms with Crippen molar-refractivity contribution in [3.63, 3.8) is 0 Å². The van der Waals surface area contributed by atoms with E-state index in [1.807, 2.05) is 0 Å². The fourth-order valence-corrected chi connectivity index (χ4v) is 8.47. The molecule has 1 amide bonds. The van der Waals surface area contributed by atoms with Gasteiger partial charge in [-0.05, 0) is 83.5 Å². The molecule has 6 nitrogen and oxygen atoms in total. The minimum atomic E-state index is -0.798. The van der Waals surface area contributed by atoms with Gasteiger partial charge in [0.2, 0.25) is 5.91 Å². The molecule has 3 N–H and O–H groups in total. The van der Waals surface area contributed by atoms with E-state index in [4.69, 9.17) is 4.74 Å². The molecule has 0 aliphatic rings. The van der Waals surface area contributed by atoms with E-state index in [9.17, 15) is 19.8 Å². The Bertz CT molecular complexity index is 1230. The van der Waals surface area contributed by atoms with E-state index in [1.165, 1.54) is 135 Å². The fourth-order valence-electron chi connectivity index (χ4n) is 8.47. The number of rotatable bonds is 51. The first-order valence-electron chi connectivity index (χ1n) is 28.7. The summed E-state index contributed by atoms with van der Waals surface area (Å²) >= 11 is 0. The van der Waals surface area contributed by atoms with Crippen LogP contribution in [0.25, 0.3) is 0 Å². The third kappa shape index (κ3) is 49.5. The van der Waals surface area contributed by atoms with Gasteiger partial charge in [0.1, 0.15) is 6.10 Å². The van der Waals surface area contributed by atoms with Gasteiger partial charge in [0, 0.05) is 6.42 Å². The van der Waals surface area contributed by atoms with Crippen LogP contribution < -0.4 is 5.32 Å². The molecule has 0 aliphatic carbocycles. The van der Waals surface area contributed by atoms with Crippen molar-refractivity contribution in [2.24, 2.45) is 0 Å². The molecule has 0 heterocycles. The first kappa shape index (κ1) is 64.3. The summed E-state index contributed by atoms with van der Waals surface area (Å²) in [5.41, 5.74) is 0. The number of hydrogen-bond acceptors (Lipinski definition) is 5. The lowest BCUT2D eigenvalue weighted by molar-refractivity contribution is -0.151. The van der Waals surface area contributed by atoms with Crippen LogP contribution in [0.15, 0.2) is 72.9 Å². The highest BCUT2D eigenvalue weighted by Gasteiger charge is 2.24. The highest BCUT2D eigenvalue weighted by Crippen LogP contribution is 2.18. The molecule has 0 rings (SSSR count). The minimum Gasteiger partial charge on any atom is -0.462 e. The molecule has 0 saturated carbocycles. The molecule has 0 radical (unpaired) electrons. The zero-order chi connectivity index (χ0) is 48.8. The first-order valence-corrected chi connectivity index (χ1v) is 28.7. The normalized spacial score (nSPS) is 13.7. The van der Waals surface area contributed by atoms with Gasteiger partial charge in [-0.25, -0.2) is 0 Å². The van der Waals surface area contributed by atoms with Gasteiger partial charge in [0.15, 0.2) is 0 Å². The quantitative estimate of drug-likeness (QED) is 0.0244. The lowest BCUT2D eigenvalue weighted by atomic mass is 10.0. The third-order valence-electron chi connectivity index (χ3n) is 12.9. The molecular formula is C61H109NO5. The number of esters is 1. The molecule has 0 aromatic carbocycles. The third-order valence-corrected chi connectivity index (χ3v) is 12.9. The van der Waals surface area contributed by atoms with Gasteiger partial charge in [0.25, 0.3) is 0 Å². The van der Waals surface area contributed by atoms with Crippen molar-refractivity contribution in [1.29, 1.82) is 0 Å². The van der Waals surface area contributed by atoms with Crippen molar-refractivity contribution in [3.8, 4) is 0 Å². The van der Waals surface area contributed by atoms with E-state index in [2.05, 4.69) is 99.0 Å². The Morgan fingerprint density at radius 3 is 1.30 bits per heavy atom. The molecule has 388 valence electrons. The monoisotopic (exact) mass is 936 g/mol. The van der Waals surface area contributed by atoms with E-state index in [0.717, 1.165) is 96.3 Å². The maximum absolute atomic E-state index is 13.3. The van der Waals surface area contributed by atoms with E-state index in [1.54, 1.807) is 0 Å². The number of unbranched alkanes of at least 4 members (excludes halogenated alkanes) is 30. The van der Waals surface area contributed by atoms with Crippen molar-refractivity contribution < 1.29 is 24.5 Å². The number of allylic oxidation sites excluding steroid dienone is 12. The standard InChI is InChI=1S/C61H109NO5/c1-4-7-10-13-16-19-22-25-27-29-31-33-36-39-42-45-48-51-54-61(66)67-57(52-49-46-43-40-37-35-32-30-28-26-23-20-17-14-11-8-5-2)55-60(65)62-58(56-63)59(64)53-50-47-44-41-38-34-24-21-18-15-12-9-6-3/h16-17,19-20,22,25-29,31,33,57-59,63-64H,4-15,18,21,23-24,30,32,34-56H2,1-3H3,(H,62,65)/b19-16+,20-17-,25-22+,28-26-,29-27+,33-31+. The summed E-state index contributed by atoms with van der Waals surface area (Å²) < 4.78 is 5.95. The largest absolute Gasteiger partial charge is 0.462 e. The molecule has 3 unspecified atom stereocenters. The van der Waals surface area contributed by atoms with Crippen molar-refractivity contribution in [3.05, 3.63) is 72.9 Å². The van der Waals surface area contributed by atoms with Gasteiger partial charge in [-0.15, -0.1) is 0 Å². The molecule has 0 spiro atoms. The smallest absolute Gasteiger partial charge is 0.306 e. The second-order valence-electron chi connectivity index (χ2n) is 19.4. The van der Waals surface area contributed by atoms with Gasteiger partial charge >= 0.3 is 5.97 Å². The van der Waals surface area contributed by atoms with Crippen LogP contribution in [0.4, 0.5) is 0 Å². The zero-order valence-corrected chi connectivity index (χ0v) is 44.3. The molecule has 3 atom stereocenters. The summed E-state index contributed by atoms with van der Waals surface area (Å²) in [7, 11) is 0. The van der Waals surface area contributed by atoms with Gasteiger partial charge in [-0.2, -0.15) is 0 Å². The second kappa shape index (κ2) is 54.2. The molecule has 6 heteroatoms. The van der Waals surface area contributed by atoms with Gasteiger partial charge < -0.3 is 20.3 Å². The average molecular weight is 937 g/mol. The number of nitrogens with one attached hydrogen (secondary N) is 1. The second-order valence-corrected chi connectivity index (χ2v) is 19.4. The van der Waals surface area contributed by atoms with E-state index >= 15 is 0 Å². The van der Waals surface area contributed by atoms with Gasteiger partial charge in [-0.3, -0.25) is 9.59 Å². The average Bonchev–Trinajstić information content (AvgIpc) is 3.32. The van der Waals surface area contributed by atoms with Gasteiger partial charge in [0.05, 0.1) is 25.2 Å². The summed E-state index contributed by atoms with van der Waals surface area (Å²) in [6.45, 7) is 6.43. The number of amides is 1. The predicted octanol–water partition coefficient (Wildman–Crippen LogP) is 17.7. The molecule has 0 saturated heterocycles. The highest BCUT2D eigenvalue weighted by atomic mass is 16.5. The molecule has 0 bridgehead atoms. The van der Waals surface area contributed by atoms with E-state index < -0.39 is 18.2 Å². The SMILES string of the molecule is CCCCC/C=C\C/C=C\CCCCCCCCCC(CC(=O)NC(CO)C(O)CCCCCCCCCCCCCCC)OC(=O)CCCCCCC/C=C/C=C/C=C/C=C/CCCCC. The van der Waals surface area contributed by atoms with Crippen LogP contribution in [-0.4, -0.2) is 46.9 Å². The molecule has 0 aromatic heterocycles. The van der Waals surface area contributed by atoms with Crippen LogP contribution in [0, 0.1) is 0 Å². The number of aliphatic hydroxyl groups is 2. The minimum absolute atomic E-state index is 0.0605. The topological polar surface area (TPSA) is 95.9 Å². The summed E-state index contributed by atoms with van der Waals surface area (Å²) in [6, 6.07) is -0.713. The van der Waals surface area contributed by atoms with Crippen LogP contribution in [-0.2, 0) is 14.3 Å². The maximum Gasteiger partial charge on any atom is 0.306 e. The summed E-state index contributed by atoms with van der Waals surface area (Å²) in [6.07, 6.45) is 69.5. The van der Waals surface area contributed by atoms with Crippen molar-refractivity contribution in [2.45, 2.75) is 296 Å². The predicted molar refractivity (Wildman–Crippen MR) is 291 cm³/mol. The number of carbonyl (C=O) groups excluding carboxylic acids is 2. The van der Waals surface area contributed by atoms with Crippen molar-refractivity contribution in [1.82, 2.24) is 5.32 Å². The highest BCUT2D eigenvalue weighted by molar-refractivity contribution is 5.77. The Morgan fingerprint density at radius 1 is 0.448 bits per heavy atom. The number of aliphatic hydroxyl groups excluding tert-OH is 2. The van der Waals surface area contributed by atoms with E-state index in [0.29, 0.717) is 19.3 Å². The maximum atomic E-state index is 13.3. The molecule has 0 aliphatic heterocycles. The number of hydrogen-bond donors (Lipinski definition) is 3. The number of carbonyl (C=O) groups is 2. The lowest BCUT2D eigenvalue weighted by Crippen LogP contribution is -2.46. The van der Waals surface area contributed by atoms with Crippen LogP contribution in [0.3, 0.4) is 0 Å². The summed E-state index contributed by atoms with van der Waals surface area (Å²) in [4.78, 5) is 26.3. The Labute approximate surface area is 415 Å². The van der Waals surface area contributed by atoms with Crippen LogP contribution in [0.5, 0.6) is 0 Å². The Morgan fingerprint density at radius 2 is 0.821 bits per heavy atom. The molecular weight excluding hydrogens is 827 g/mol. The summed E-state index contributed by atoms with van der Waals surface area (Å²) in [5, 5.41) is 23.9. The molecule has 0 fully saturated rings. The van der Waals surface area contributed by atoms with Crippen LogP contribution in [0.2, 0.25) is 0 Å². The lowest BCUT2D eigenvalue weighted by Gasteiger charge is -2.24. The van der Waals surface area contributed by atoms with Crippen LogP contribution >= 0.6 is 0 Å². The number of ether oxygens (including phenoxy) is 1. The molecule has 67 heavy (non-hydrogen) atoms. The fraction of sp³-hybridized carbons (Fsp3) is 0.770.